The van der Waals surface area contributed by atoms with Crippen molar-refractivity contribution in [2.24, 2.45) is 5.73 Å². The molecule has 9 heteroatoms. The first-order chi connectivity index (χ1) is 9.05. The Balaban J connectivity index is 2.91. The zero-order valence-electron chi connectivity index (χ0n) is 9.85. The van der Waals surface area contributed by atoms with Crippen LogP contribution in [0.4, 0.5) is 30.7 Å². The topological polar surface area (TPSA) is 35.2 Å². The largest absolute Gasteiger partial charge is 0.423 e. The molecule has 114 valence electrons. The molecular formula is C11H10F7NO. The van der Waals surface area contributed by atoms with E-state index in [1.165, 1.54) is 6.07 Å². The number of hydrogen-bond acceptors (Lipinski definition) is 2. The van der Waals surface area contributed by atoms with Gasteiger partial charge in [0, 0.05) is 6.54 Å². The van der Waals surface area contributed by atoms with E-state index in [1.807, 2.05) is 0 Å². The average molecular weight is 305 g/mol. The lowest BCUT2D eigenvalue weighted by atomic mass is 10.1. The molecule has 1 rings (SSSR count). The molecule has 1 aromatic rings. The summed E-state index contributed by atoms with van der Waals surface area (Å²) in [6.45, 7) is -1.21. The molecule has 20 heavy (non-hydrogen) atoms. The lowest BCUT2D eigenvalue weighted by Crippen LogP contribution is -2.44. The summed E-state index contributed by atoms with van der Waals surface area (Å²) in [6, 6.07) is 2.95. The van der Waals surface area contributed by atoms with Crippen LogP contribution in [0.2, 0.25) is 0 Å². The van der Waals surface area contributed by atoms with Gasteiger partial charge in [-0.3, -0.25) is 0 Å². The highest BCUT2D eigenvalue weighted by atomic mass is 19.4. The molecule has 0 aliphatic rings. The van der Waals surface area contributed by atoms with E-state index >= 15 is 0 Å². The summed E-state index contributed by atoms with van der Waals surface area (Å²) in [4.78, 5) is 0. The number of hydrogen-bond donors (Lipinski definition) is 1. The molecule has 0 amide bonds. The van der Waals surface area contributed by atoms with Crippen LogP contribution in [0, 0.1) is 5.82 Å². The maximum Gasteiger partial charge on any atom is 0.423 e. The minimum atomic E-state index is -5.60. The van der Waals surface area contributed by atoms with Crippen LogP contribution in [0.15, 0.2) is 18.2 Å². The van der Waals surface area contributed by atoms with Gasteiger partial charge in [-0.15, -0.1) is 0 Å². The van der Waals surface area contributed by atoms with Crippen molar-refractivity contribution in [1.82, 2.24) is 0 Å². The lowest BCUT2D eigenvalue weighted by Gasteiger charge is -2.23. The first kappa shape index (κ1) is 16.7. The van der Waals surface area contributed by atoms with Crippen LogP contribution in [0.1, 0.15) is 11.1 Å². The van der Waals surface area contributed by atoms with Gasteiger partial charge in [0.25, 0.3) is 0 Å². The first-order valence-electron chi connectivity index (χ1n) is 5.28. The summed E-state index contributed by atoms with van der Waals surface area (Å²) in [7, 11) is 0. The minimum Gasteiger partial charge on any atom is -0.356 e. The Hall–Kier alpha value is -1.35. The lowest BCUT2D eigenvalue weighted by molar-refractivity contribution is -0.324. The van der Waals surface area contributed by atoms with E-state index in [1.54, 1.807) is 0 Å². The van der Waals surface area contributed by atoms with Crippen LogP contribution < -0.4 is 5.73 Å². The SMILES string of the molecule is NCc1ccc(F)cc1COC(C(F)(F)F)C(F)(F)F. The van der Waals surface area contributed by atoms with Crippen LogP contribution >= 0.6 is 0 Å². The number of rotatable bonds is 4. The van der Waals surface area contributed by atoms with E-state index in [4.69, 9.17) is 5.73 Å². The Morgan fingerprint density at radius 2 is 1.55 bits per heavy atom. The third-order valence-corrected chi connectivity index (χ3v) is 2.39. The van der Waals surface area contributed by atoms with E-state index in [0.717, 1.165) is 12.1 Å². The van der Waals surface area contributed by atoms with Gasteiger partial charge < -0.3 is 10.5 Å². The normalized spacial score (nSPS) is 13.1. The fourth-order valence-electron chi connectivity index (χ4n) is 1.48. The quantitative estimate of drug-likeness (QED) is 0.866. The molecule has 0 aromatic heterocycles. The van der Waals surface area contributed by atoms with Crippen LogP contribution in [0.25, 0.3) is 0 Å². The highest BCUT2D eigenvalue weighted by molar-refractivity contribution is 5.27. The Bertz CT molecular complexity index is 441. The number of nitrogens with two attached hydrogens (primary N) is 1. The van der Waals surface area contributed by atoms with Crippen molar-refractivity contribution in [1.29, 1.82) is 0 Å². The fourth-order valence-corrected chi connectivity index (χ4v) is 1.48. The molecule has 0 unspecified atom stereocenters. The molecule has 0 spiro atoms. The molecule has 0 bridgehead atoms. The van der Waals surface area contributed by atoms with Gasteiger partial charge in [0.1, 0.15) is 5.82 Å². The van der Waals surface area contributed by atoms with Crippen molar-refractivity contribution in [3.63, 3.8) is 0 Å². The molecule has 0 saturated carbocycles. The van der Waals surface area contributed by atoms with Gasteiger partial charge in [-0.1, -0.05) is 6.07 Å². The highest BCUT2D eigenvalue weighted by Crippen LogP contribution is 2.36. The van der Waals surface area contributed by atoms with Crippen LogP contribution in [0.3, 0.4) is 0 Å². The Morgan fingerprint density at radius 1 is 1.00 bits per heavy atom. The number of benzene rings is 1. The number of ether oxygens (including phenoxy) is 1. The van der Waals surface area contributed by atoms with Crippen molar-refractivity contribution in [3.05, 3.63) is 35.1 Å². The summed E-state index contributed by atoms with van der Waals surface area (Å²) in [5, 5.41) is 0. The second-order valence-electron chi connectivity index (χ2n) is 3.89. The maximum atomic E-state index is 12.9. The summed E-state index contributed by atoms with van der Waals surface area (Å²) in [5.41, 5.74) is 5.30. The zero-order valence-corrected chi connectivity index (χ0v) is 9.85. The van der Waals surface area contributed by atoms with E-state index in [0.29, 0.717) is 0 Å². The molecule has 0 fully saturated rings. The van der Waals surface area contributed by atoms with Crippen molar-refractivity contribution in [2.75, 3.05) is 0 Å². The molecule has 1 aromatic carbocycles. The number of halogens is 7. The second-order valence-corrected chi connectivity index (χ2v) is 3.89. The van der Waals surface area contributed by atoms with Crippen molar-refractivity contribution in [3.8, 4) is 0 Å². The Morgan fingerprint density at radius 3 is 2.00 bits per heavy atom. The van der Waals surface area contributed by atoms with Gasteiger partial charge in [0.05, 0.1) is 6.61 Å². The van der Waals surface area contributed by atoms with Crippen molar-refractivity contribution < 1.29 is 35.5 Å². The van der Waals surface area contributed by atoms with Crippen molar-refractivity contribution >= 4 is 0 Å². The third-order valence-electron chi connectivity index (χ3n) is 2.39. The summed E-state index contributed by atoms with van der Waals surface area (Å²) in [6.07, 6.45) is -15.1. The maximum absolute atomic E-state index is 12.9. The van der Waals surface area contributed by atoms with Gasteiger partial charge >= 0.3 is 12.4 Å². The smallest absolute Gasteiger partial charge is 0.356 e. The fraction of sp³-hybridized carbons (Fsp3) is 0.455. The molecule has 0 saturated heterocycles. The minimum absolute atomic E-state index is 0.161. The molecule has 0 aliphatic heterocycles. The zero-order chi connectivity index (χ0) is 15.6. The monoisotopic (exact) mass is 305 g/mol. The van der Waals surface area contributed by atoms with Crippen molar-refractivity contribution in [2.45, 2.75) is 31.6 Å². The molecule has 0 atom stereocenters. The van der Waals surface area contributed by atoms with Gasteiger partial charge in [-0.2, -0.15) is 26.3 Å². The second kappa shape index (κ2) is 5.96. The van der Waals surface area contributed by atoms with E-state index in [9.17, 15) is 30.7 Å². The van der Waals surface area contributed by atoms with Crippen LogP contribution in [0.5, 0.6) is 0 Å². The standard InChI is InChI=1S/C11H10F7NO/c12-8-2-1-6(4-19)7(3-8)5-20-9(10(13,14)15)11(16,17)18/h1-3,9H,4-5,19H2. The predicted octanol–water partition coefficient (Wildman–Crippen LogP) is 3.29. The molecular weight excluding hydrogens is 295 g/mol. The first-order valence-corrected chi connectivity index (χ1v) is 5.28. The van der Waals surface area contributed by atoms with Gasteiger partial charge in [0.2, 0.25) is 6.10 Å². The van der Waals surface area contributed by atoms with Crippen LogP contribution in [-0.2, 0) is 17.9 Å². The van der Waals surface area contributed by atoms with E-state index in [-0.39, 0.29) is 17.7 Å². The highest BCUT2D eigenvalue weighted by Gasteiger charge is 2.57. The van der Waals surface area contributed by atoms with E-state index in [2.05, 4.69) is 4.74 Å². The Kier molecular flexibility index (Phi) is 4.98. The molecule has 2 N–H and O–H groups in total. The Labute approximate surface area is 109 Å². The molecule has 0 radical (unpaired) electrons. The number of alkyl halides is 6. The average Bonchev–Trinajstić information content (AvgIpc) is 2.25. The summed E-state index contributed by atoms with van der Waals surface area (Å²) >= 11 is 0. The molecule has 0 heterocycles. The van der Waals surface area contributed by atoms with Gasteiger partial charge in [-0.25, -0.2) is 4.39 Å². The summed E-state index contributed by atoms with van der Waals surface area (Å²) in [5.74, 6) is -0.809. The third kappa shape index (κ3) is 4.34. The molecule has 0 aliphatic carbocycles. The molecule has 2 nitrogen and oxygen atoms in total. The van der Waals surface area contributed by atoms with Crippen LogP contribution in [-0.4, -0.2) is 18.5 Å². The van der Waals surface area contributed by atoms with Gasteiger partial charge in [-0.05, 0) is 23.3 Å². The summed E-state index contributed by atoms with van der Waals surface area (Å²) < 4.78 is 90.2. The van der Waals surface area contributed by atoms with E-state index < -0.39 is 30.9 Å². The van der Waals surface area contributed by atoms with Gasteiger partial charge in [0.15, 0.2) is 0 Å². The predicted molar refractivity (Wildman–Crippen MR) is 55.0 cm³/mol.